The van der Waals surface area contributed by atoms with E-state index in [1.165, 1.54) is 0 Å². The Morgan fingerprint density at radius 1 is 1.00 bits per heavy atom. The fourth-order valence-electron chi connectivity index (χ4n) is 0. The Morgan fingerprint density at radius 2 is 1.00 bits per heavy atom. The van der Waals surface area contributed by atoms with Crippen LogP contribution in [0.5, 0.6) is 0 Å². The Bertz CT molecular complexity index is 11.6. The van der Waals surface area contributed by atoms with Crippen LogP contribution in [-0.4, -0.2) is 22.3 Å². The summed E-state index contributed by atoms with van der Waals surface area (Å²) in [5, 5.41) is 0. The standard InChI is InChI=1S/3ClH.H2O.Sb/h3*1H;1H2;/q;;;;+3/p-3. The minimum atomic E-state index is -2.03. The number of rotatable bonds is 0. The van der Waals surface area contributed by atoms with Gasteiger partial charge in [0.15, 0.2) is 0 Å². The molecule has 2 N–H and O–H groups in total. The van der Waals surface area contributed by atoms with Gasteiger partial charge in [-0.3, -0.25) is 0 Å². The van der Waals surface area contributed by atoms with Crippen molar-refractivity contribution in [2.75, 3.05) is 0 Å². The maximum atomic E-state index is 4.99. The van der Waals surface area contributed by atoms with Gasteiger partial charge in [0.05, 0.1) is 0 Å². The SMILES string of the molecule is O.[Cl][Sb]([Cl])[Cl]. The summed E-state index contributed by atoms with van der Waals surface area (Å²) >= 11 is -2.03. The quantitative estimate of drug-likeness (QED) is 0.568. The van der Waals surface area contributed by atoms with Crippen LogP contribution in [0.2, 0.25) is 0 Å². The van der Waals surface area contributed by atoms with E-state index in [0.717, 1.165) is 0 Å². The fourth-order valence-corrected chi connectivity index (χ4v) is 0. The molecule has 1 nitrogen and oxygen atoms in total. The molecule has 0 aliphatic carbocycles. The monoisotopic (exact) mass is 244 g/mol. The second kappa shape index (κ2) is 5.65. The summed E-state index contributed by atoms with van der Waals surface area (Å²) in [6, 6.07) is 0. The van der Waals surface area contributed by atoms with Gasteiger partial charge in [-0.2, -0.15) is 0 Å². The van der Waals surface area contributed by atoms with Crippen LogP contribution in [0.15, 0.2) is 0 Å². The molecule has 0 saturated carbocycles. The normalized spacial score (nSPS) is 7.20. The average Bonchev–Trinajstić information content (AvgIpc) is 0.811. The molecule has 0 rings (SSSR count). The third-order valence-electron chi connectivity index (χ3n) is 0. The molecule has 0 saturated heterocycles. The van der Waals surface area contributed by atoms with Crippen molar-refractivity contribution >= 4 is 43.3 Å². The molecular weight excluding hydrogens is 244 g/mol. The third-order valence-corrected chi connectivity index (χ3v) is 0. The average molecular weight is 246 g/mol. The van der Waals surface area contributed by atoms with Gasteiger partial charge >= 0.3 is 43.3 Å². The molecule has 0 aromatic heterocycles. The van der Waals surface area contributed by atoms with Gasteiger partial charge in [-0.25, -0.2) is 0 Å². The molecule has 0 heterocycles. The molecule has 0 radical (unpaired) electrons. The van der Waals surface area contributed by atoms with Crippen LogP contribution in [0.1, 0.15) is 0 Å². The van der Waals surface area contributed by atoms with E-state index in [1.807, 2.05) is 0 Å². The molecule has 0 aromatic carbocycles. The summed E-state index contributed by atoms with van der Waals surface area (Å²) < 4.78 is 0. The Morgan fingerprint density at radius 3 is 1.00 bits per heavy atom. The molecule has 34 valence electrons. The van der Waals surface area contributed by atoms with E-state index in [0.29, 0.717) is 0 Å². The summed E-state index contributed by atoms with van der Waals surface area (Å²) in [7, 11) is 15.0. The Hall–Kier alpha value is 1.65. The van der Waals surface area contributed by atoms with Crippen molar-refractivity contribution < 1.29 is 5.48 Å². The summed E-state index contributed by atoms with van der Waals surface area (Å²) in [6.07, 6.45) is 0. The molecule has 5 heteroatoms. The van der Waals surface area contributed by atoms with Crippen LogP contribution in [0.4, 0.5) is 0 Å². The van der Waals surface area contributed by atoms with Gasteiger partial charge in [-0.1, -0.05) is 0 Å². The van der Waals surface area contributed by atoms with Gasteiger partial charge in [-0.05, 0) is 0 Å². The molecule has 0 aromatic rings. The first-order chi connectivity index (χ1) is 1.73. The predicted molar refractivity (Wildman–Crippen MR) is 26.9 cm³/mol. The van der Waals surface area contributed by atoms with Crippen molar-refractivity contribution in [1.29, 1.82) is 0 Å². The first-order valence-corrected chi connectivity index (χ1v) is 10.2. The zero-order chi connectivity index (χ0) is 3.58. The molecule has 0 aliphatic rings. The summed E-state index contributed by atoms with van der Waals surface area (Å²) in [4.78, 5) is 0. The van der Waals surface area contributed by atoms with Crippen molar-refractivity contribution in [2.24, 2.45) is 0 Å². The van der Waals surface area contributed by atoms with Crippen molar-refractivity contribution in [1.82, 2.24) is 0 Å². The molecule has 0 amide bonds. The molecule has 0 unspecified atom stereocenters. The van der Waals surface area contributed by atoms with Crippen molar-refractivity contribution in [3.05, 3.63) is 0 Å². The van der Waals surface area contributed by atoms with Crippen molar-refractivity contribution in [2.45, 2.75) is 0 Å². The van der Waals surface area contributed by atoms with E-state index in [9.17, 15) is 0 Å². The maximum absolute atomic E-state index is 4.99. The van der Waals surface area contributed by atoms with E-state index in [1.54, 1.807) is 0 Å². The molecule has 5 heavy (non-hydrogen) atoms. The zero-order valence-electron chi connectivity index (χ0n) is 2.08. The zero-order valence-corrected chi connectivity index (χ0v) is 6.90. The molecular formula is H2Cl3OSb. The second-order valence-corrected chi connectivity index (χ2v) is 11.6. The summed E-state index contributed by atoms with van der Waals surface area (Å²) in [6.45, 7) is 0. The third kappa shape index (κ3) is 27.7. The van der Waals surface area contributed by atoms with Gasteiger partial charge in [0.2, 0.25) is 0 Å². The van der Waals surface area contributed by atoms with Crippen LogP contribution in [0.3, 0.4) is 0 Å². The predicted octanol–water partition coefficient (Wildman–Crippen LogP) is 0.863. The van der Waals surface area contributed by atoms with Gasteiger partial charge in [0.25, 0.3) is 0 Å². The van der Waals surface area contributed by atoms with Crippen LogP contribution >= 0.6 is 26.5 Å². The van der Waals surface area contributed by atoms with E-state index in [4.69, 9.17) is 26.5 Å². The van der Waals surface area contributed by atoms with E-state index < -0.39 is 16.8 Å². The van der Waals surface area contributed by atoms with Crippen molar-refractivity contribution in [3.63, 3.8) is 0 Å². The summed E-state index contributed by atoms with van der Waals surface area (Å²) in [5.41, 5.74) is 0. The number of halogens is 3. The fraction of sp³-hybridized carbons (Fsp3) is 0. The number of hydrogen-bond acceptors (Lipinski definition) is 0. The summed E-state index contributed by atoms with van der Waals surface area (Å²) in [5.74, 6) is 0. The minimum absolute atomic E-state index is 0. The van der Waals surface area contributed by atoms with Gasteiger partial charge < -0.3 is 5.48 Å². The van der Waals surface area contributed by atoms with Crippen molar-refractivity contribution in [3.8, 4) is 0 Å². The molecule has 0 aliphatic heterocycles. The van der Waals surface area contributed by atoms with Crippen LogP contribution < -0.4 is 0 Å². The Kier molecular flexibility index (Phi) is 11.1. The molecule has 0 bridgehead atoms. The van der Waals surface area contributed by atoms with Gasteiger partial charge in [0.1, 0.15) is 0 Å². The van der Waals surface area contributed by atoms with Gasteiger partial charge in [-0.15, -0.1) is 0 Å². The Labute approximate surface area is 48.5 Å². The first kappa shape index (κ1) is 9.82. The van der Waals surface area contributed by atoms with E-state index in [2.05, 4.69) is 0 Å². The topological polar surface area (TPSA) is 31.5 Å². The van der Waals surface area contributed by atoms with Crippen LogP contribution in [-0.2, 0) is 0 Å². The molecule has 0 atom stereocenters. The van der Waals surface area contributed by atoms with Crippen LogP contribution in [0, 0.1) is 0 Å². The molecule has 0 fully saturated rings. The van der Waals surface area contributed by atoms with E-state index >= 15 is 0 Å². The van der Waals surface area contributed by atoms with Gasteiger partial charge in [0, 0.05) is 0 Å². The van der Waals surface area contributed by atoms with Crippen LogP contribution in [0.25, 0.3) is 0 Å². The van der Waals surface area contributed by atoms with E-state index in [-0.39, 0.29) is 5.48 Å². The number of hydrogen-bond donors (Lipinski definition) is 0. The second-order valence-electron chi connectivity index (χ2n) is 0.192. The Balaban J connectivity index is 0. The molecule has 0 spiro atoms. The first-order valence-electron chi connectivity index (χ1n) is 0.507.